The highest BCUT2D eigenvalue weighted by Gasteiger charge is 2.32. The van der Waals surface area contributed by atoms with Gasteiger partial charge in [-0.2, -0.15) is 0 Å². The minimum Gasteiger partial charge on any atom is -0.497 e. The fourth-order valence-electron chi connectivity index (χ4n) is 3.66. The molecule has 4 rings (SSSR count). The number of urea groups is 1. The minimum absolute atomic E-state index is 0.0866. The van der Waals surface area contributed by atoms with Gasteiger partial charge in [0.25, 0.3) is 0 Å². The number of methoxy groups -OCH3 is 1. The van der Waals surface area contributed by atoms with E-state index in [2.05, 4.69) is 29.6 Å². The van der Waals surface area contributed by atoms with Crippen molar-refractivity contribution < 1.29 is 9.53 Å². The summed E-state index contributed by atoms with van der Waals surface area (Å²) in [6.07, 6.45) is 0.804. The first-order chi connectivity index (χ1) is 13.3. The monoisotopic (exact) mass is 358 g/mol. The average Bonchev–Trinajstić information content (AvgIpc) is 2.73. The number of nitrogens with zero attached hydrogens (tertiary/aromatic N) is 1. The van der Waals surface area contributed by atoms with Gasteiger partial charge in [-0.3, -0.25) is 0 Å². The molecule has 4 heteroatoms. The van der Waals surface area contributed by atoms with Gasteiger partial charge >= 0.3 is 6.03 Å². The predicted octanol–water partition coefficient (Wildman–Crippen LogP) is 4.87. The number of nitrogens with one attached hydrogen (secondary N) is 1. The number of hydrogen-bond donors (Lipinski definition) is 1. The molecule has 1 N–H and O–H groups in total. The third-order valence-corrected chi connectivity index (χ3v) is 4.98. The highest BCUT2D eigenvalue weighted by atomic mass is 16.5. The van der Waals surface area contributed by atoms with E-state index in [0.717, 1.165) is 29.0 Å². The van der Waals surface area contributed by atoms with Gasteiger partial charge in [0.05, 0.1) is 13.2 Å². The molecule has 3 aromatic carbocycles. The van der Waals surface area contributed by atoms with Gasteiger partial charge in [0.15, 0.2) is 0 Å². The lowest BCUT2D eigenvalue weighted by molar-refractivity contribution is 0.194. The van der Waals surface area contributed by atoms with Crippen LogP contribution in [0.3, 0.4) is 0 Å². The van der Waals surface area contributed by atoms with E-state index in [1.807, 2.05) is 59.5 Å². The lowest BCUT2D eigenvalue weighted by atomic mass is 9.88. The number of hydrogen-bond acceptors (Lipinski definition) is 2. The Kier molecular flexibility index (Phi) is 4.79. The number of fused-ring (bicyclic) bond motifs is 1. The number of para-hydroxylation sites is 1. The van der Waals surface area contributed by atoms with Crippen LogP contribution < -0.4 is 10.1 Å². The summed E-state index contributed by atoms with van der Waals surface area (Å²) in [7, 11) is 1.68. The number of carbonyl (C=O) groups excluding carboxylic acids is 1. The van der Waals surface area contributed by atoms with Crippen LogP contribution in [0.4, 0.5) is 10.5 Å². The number of ether oxygens (including phenoxy) is 1. The van der Waals surface area contributed by atoms with E-state index in [4.69, 9.17) is 4.74 Å². The molecule has 0 saturated carbocycles. The maximum Gasteiger partial charge on any atom is 0.322 e. The highest BCUT2D eigenvalue weighted by molar-refractivity contribution is 5.90. The van der Waals surface area contributed by atoms with Crippen LogP contribution in [0.25, 0.3) is 0 Å². The van der Waals surface area contributed by atoms with Gasteiger partial charge in [0, 0.05) is 12.2 Å². The number of carbonyl (C=O) groups is 1. The van der Waals surface area contributed by atoms with Crippen molar-refractivity contribution in [2.45, 2.75) is 12.5 Å². The predicted molar refractivity (Wildman–Crippen MR) is 107 cm³/mol. The van der Waals surface area contributed by atoms with Crippen molar-refractivity contribution in [1.82, 2.24) is 4.90 Å². The zero-order valence-corrected chi connectivity index (χ0v) is 15.3. The van der Waals surface area contributed by atoms with Crippen molar-refractivity contribution in [1.29, 1.82) is 0 Å². The van der Waals surface area contributed by atoms with E-state index in [-0.39, 0.29) is 12.1 Å². The van der Waals surface area contributed by atoms with Crippen LogP contribution in [-0.4, -0.2) is 24.6 Å². The van der Waals surface area contributed by atoms with Crippen molar-refractivity contribution in [3.05, 3.63) is 95.6 Å². The van der Waals surface area contributed by atoms with E-state index < -0.39 is 0 Å². The van der Waals surface area contributed by atoms with E-state index in [1.54, 1.807) is 7.11 Å². The Morgan fingerprint density at radius 3 is 2.41 bits per heavy atom. The second-order valence-electron chi connectivity index (χ2n) is 6.62. The Bertz CT molecular complexity index is 926. The molecule has 1 aliphatic rings. The molecular weight excluding hydrogens is 336 g/mol. The molecule has 0 spiro atoms. The Morgan fingerprint density at radius 2 is 1.70 bits per heavy atom. The summed E-state index contributed by atoms with van der Waals surface area (Å²) in [6.45, 7) is 0.651. The van der Waals surface area contributed by atoms with E-state index >= 15 is 0 Å². The second kappa shape index (κ2) is 7.54. The van der Waals surface area contributed by atoms with Crippen LogP contribution in [-0.2, 0) is 6.42 Å². The van der Waals surface area contributed by atoms with Crippen LogP contribution in [0.1, 0.15) is 22.7 Å². The molecule has 27 heavy (non-hydrogen) atoms. The molecule has 1 unspecified atom stereocenters. The zero-order valence-electron chi connectivity index (χ0n) is 15.3. The van der Waals surface area contributed by atoms with Gasteiger partial charge in [-0.15, -0.1) is 0 Å². The highest BCUT2D eigenvalue weighted by Crippen LogP contribution is 2.37. The Labute approximate surface area is 159 Å². The summed E-state index contributed by atoms with van der Waals surface area (Å²) in [5.41, 5.74) is 4.28. The largest absolute Gasteiger partial charge is 0.497 e. The molecule has 1 aliphatic heterocycles. The van der Waals surface area contributed by atoms with Gasteiger partial charge in [-0.05, 0) is 47.4 Å². The number of rotatable bonds is 3. The van der Waals surface area contributed by atoms with Crippen molar-refractivity contribution >= 4 is 11.7 Å². The Hall–Kier alpha value is -3.27. The molecule has 0 saturated heterocycles. The number of anilines is 1. The Morgan fingerprint density at radius 1 is 1.00 bits per heavy atom. The maximum absolute atomic E-state index is 13.1. The number of amides is 2. The molecule has 1 heterocycles. The molecule has 3 aromatic rings. The Balaban J connectivity index is 1.71. The van der Waals surface area contributed by atoms with Crippen LogP contribution in [0.5, 0.6) is 5.75 Å². The minimum atomic E-state index is -0.121. The second-order valence-corrected chi connectivity index (χ2v) is 6.62. The van der Waals surface area contributed by atoms with E-state index in [9.17, 15) is 4.79 Å². The summed E-state index contributed by atoms with van der Waals surface area (Å²) in [6, 6.07) is 25.7. The SMILES string of the molecule is COc1ccc2c(c1)CCN(C(=O)Nc1ccccc1)C2c1ccccc1. The van der Waals surface area contributed by atoms with Gasteiger partial charge in [-0.25, -0.2) is 4.79 Å². The smallest absolute Gasteiger partial charge is 0.322 e. The molecule has 0 radical (unpaired) electrons. The summed E-state index contributed by atoms with van der Waals surface area (Å²) in [5.74, 6) is 0.850. The average molecular weight is 358 g/mol. The van der Waals surface area contributed by atoms with Gasteiger partial charge in [-0.1, -0.05) is 54.6 Å². The van der Waals surface area contributed by atoms with Crippen molar-refractivity contribution in [3.8, 4) is 5.75 Å². The fraction of sp³-hybridized carbons (Fsp3) is 0.174. The van der Waals surface area contributed by atoms with E-state index in [0.29, 0.717) is 6.54 Å². The summed E-state index contributed by atoms with van der Waals surface area (Å²) in [5, 5.41) is 3.03. The molecular formula is C23H22N2O2. The fourth-order valence-corrected chi connectivity index (χ4v) is 3.66. The molecule has 0 aliphatic carbocycles. The van der Waals surface area contributed by atoms with E-state index in [1.165, 1.54) is 5.56 Å². The normalized spacial score (nSPS) is 15.7. The third-order valence-electron chi connectivity index (χ3n) is 4.98. The summed E-state index contributed by atoms with van der Waals surface area (Å²) < 4.78 is 5.38. The number of benzene rings is 3. The first-order valence-electron chi connectivity index (χ1n) is 9.10. The molecule has 0 aromatic heterocycles. The molecule has 0 bridgehead atoms. The molecule has 136 valence electrons. The molecule has 1 atom stereocenters. The lowest BCUT2D eigenvalue weighted by Gasteiger charge is -2.37. The quantitative estimate of drug-likeness (QED) is 0.725. The summed E-state index contributed by atoms with van der Waals surface area (Å²) >= 11 is 0. The molecule has 0 fully saturated rings. The molecule has 4 nitrogen and oxygen atoms in total. The van der Waals surface area contributed by atoms with Crippen molar-refractivity contribution in [2.75, 3.05) is 19.0 Å². The molecule has 2 amide bonds. The first-order valence-corrected chi connectivity index (χ1v) is 9.10. The lowest BCUT2D eigenvalue weighted by Crippen LogP contribution is -2.43. The van der Waals surface area contributed by atoms with Gasteiger partial charge in [0.2, 0.25) is 0 Å². The standard InChI is InChI=1S/C23H22N2O2/c1-27-20-12-13-21-18(16-20)14-15-25(22(21)17-8-4-2-5-9-17)23(26)24-19-10-6-3-7-11-19/h2-13,16,22H,14-15H2,1H3,(H,24,26). The van der Waals surface area contributed by atoms with Gasteiger partial charge < -0.3 is 15.0 Å². The van der Waals surface area contributed by atoms with Crippen LogP contribution in [0.15, 0.2) is 78.9 Å². The summed E-state index contributed by atoms with van der Waals surface area (Å²) in [4.78, 5) is 15.0. The van der Waals surface area contributed by atoms with Crippen molar-refractivity contribution in [2.24, 2.45) is 0 Å². The zero-order chi connectivity index (χ0) is 18.6. The third kappa shape index (κ3) is 3.51. The van der Waals surface area contributed by atoms with Crippen LogP contribution in [0.2, 0.25) is 0 Å². The van der Waals surface area contributed by atoms with Crippen molar-refractivity contribution in [3.63, 3.8) is 0 Å². The van der Waals surface area contributed by atoms with Gasteiger partial charge in [0.1, 0.15) is 5.75 Å². The maximum atomic E-state index is 13.1. The van der Waals surface area contributed by atoms with Crippen LogP contribution in [0, 0.1) is 0 Å². The first kappa shape index (κ1) is 17.2. The topological polar surface area (TPSA) is 41.6 Å². The van der Waals surface area contributed by atoms with Crippen LogP contribution >= 0.6 is 0 Å².